The van der Waals surface area contributed by atoms with Crippen molar-refractivity contribution in [2.24, 2.45) is 5.92 Å². The molecule has 1 aromatic rings. The number of carbonyl (C=O) groups excluding carboxylic acids is 1. The van der Waals surface area contributed by atoms with Crippen molar-refractivity contribution >= 4 is 12.0 Å². The van der Waals surface area contributed by atoms with Crippen LogP contribution in [0.15, 0.2) is 30.3 Å². The molecule has 22 heavy (non-hydrogen) atoms. The maximum Gasteiger partial charge on any atom is 0.317 e. The second-order valence-corrected chi connectivity index (χ2v) is 6.27. The maximum absolute atomic E-state index is 12.4. The minimum Gasteiger partial charge on any atom is -0.481 e. The Bertz CT molecular complexity index is 546. The van der Waals surface area contributed by atoms with E-state index in [0.717, 1.165) is 19.3 Å². The van der Waals surface area contributed by atoms with Crippen LogP contribution in [0.25, 0.3) is 0 Å². The maximum atomic E-state index is 12.4. The first kappa shape index (κ1) is 14.9. The normalized spacial score (nSPS) is 27.8. The van der Waals surface area contributed by atoms with Crippen LogP contribution in [0.3, 0.4) is 0 Å². The van der Waals surface area contributed by atoms with E-state index in [-0.39, 0.29) is 12.1 Å². The van der Waals surface area contributed by atoms with Crippen LogP contribution in [0.4, 0.5) is 4.79 Å². The van der Waals surface area contributed by atoms with Crippen LogP contribution in [0.1, 0.15) is 37.2 Å². The third kappa shape index (κ3) is 3.08. The van der Waals surface area contributed by atoms with Gasteiger partial charge in [-0.05, 0) is 24.8 Å². The number of likely N-dealkylation sites (tertiary alicyclic amines) is 1. The predicted octanol–water partition coefficient (Wildman–Crippen LogP) is 2.44. The molecule has 118 valence electrons. The highest BCUT2D eigenvalue weighted by atomic mass is 16.4. The molecular formula is C17H22N2O3. The molecule has 0 spiro atoms. The SMILES string of the molecule is O=C(O)C1CCN(C(=O)N[C@@H]2CCC[C@H]2c2ccccc2)C1. The lowest BCUT2D eigenvalue weighted by Gasteiger charge is -2.25. The van der Waals surface area contributed by atoms with Crippen molar-refractivity contribution in [3.63, 3.8) is 0 Å². The molecule has 2 aliphatic rings. The van der Waals surface area contributed by atoms with E-state index >= 15 is 0 Å². The largest absolute Gasteiger partial charge is 0.481 e. The number of carboxylic acid groups (broad SMARTS) is 1. The molecular weight excluding hydrogens is 280 g/mol. The van der Waals surface area contributed by atoms with E-state index in [4.69, 9.17) is 5.11 Å². The average molecular weight is 302 g/mol. The molecule has 1 unspecified atom stereocenters. The van der Waals surface area contributed by atoms with Gasteiger partial charge in [-0.1, -0.05) is 36.8 Å². The Morgan fingerprint density at radius 3 is 2.59 bits per heavy atom. The van der Waals surface area contributed by atoms with Gasteiger partial charge in [-0.25, -0.2) is 4.79 Å². The Morgan fingerprint density at radius 1 is 1.14 bits per heavy atom. The molecule has 3 rings (SSSR count). The van der Waals surface area contributed by atoms with Crippen molar-refractivity contribution < 1.29 is 14.7 Å². The number of aliphatic carboxylic acids is 1. The van der Waals surface area contributed by atoms with Crippen molar-refractivity contribution in [3.8, 4) is 0 Å². The molecule has 3 atom stereocenters. The van der Waals surface area contributed by atoms with Crippen molar-refractivity contribution in [3.05, 3.63) is 35.9 Å². The zero-order valence-electron chi connectivity index (χ0n) is 12.6. The average Bonchev–Trinajstić information content (AvgIpc) is 3.17. The van der Waals surface area contributed by atoms with Gasteiger partial charge in [0.2, 0.25) is 0 Å². The van der Waals surface area contributed by atoms with Gasteiger partial charge < -0.3 is 15.3 Å². The molecule has 1 heterocycles. The van der Waals surface area contributed by atoms with Gasteiger partial charge in [0, 0.05) is 25.0 Å². The highest BCUT2D eigenvalue weighted by Gasteiger charge is 2.34. The molecule has 2 N–H and O–H groups in total. The van der Waals surface area contributed by atoms with E-state index in [1.165, 1.54) is 5.56 Å². The van der Waals surface area contributed by atoms with Gasteiger partial charge in [-0.3, -0.25) is 4.79 Å². The minimum atomic E-state index is -0.807. The number of amides is 2. The molecule has 5 heteroatoms. The van der Waals surface area contributed by atoms with Crippen molar-refractivity contribution in [2.75, 3.05) is 13.1 Å². The van der Waals surface area contributed by atoms with E-state index in [1.54, 1.807) is 4.90 Å². The van der Waals surface area contributed by atoms with E-state index in [2.05, 4.69) is 17.4 Å². The van der Waals surface area contributed by atoms with E-state index in [9.17, 15) is 9.59 Å². The molecule has 1 aliphatic heterocycles. The summed E-state index contributed by atoms with van der Waals surface area (Å²) in [5.41, 5.74) is 1.27. The van der Waals surface area contributed by atoms with Crippen LogP contribution in [-0.2, 0) is 4.79 Å². The number of hydrogen-bond acceptors (Lipinski definition) is 2. The molecule has 5 nitrogen and oxygen atoms in total. The minimum absolute atomic E-state index is 0.114. The zero-order chi connectivity index (χ0) is 15.5. The third-order valence-corrected chi connectivity index (χ3v) is 4.88. The van der Waals surface area contributed by atoms with Crippen molar-refractivity contribution in [1.29, 1.82) is 0 Å². The predicted molar refractivity (Wildman–Crippen MR) is 82.7 cm³/mol. The summed E-state index contributed by atoms with van der Waals surface area (Å²) in [4.78, 5) is 25.0. The summed E-state index contributed by atoms with van der Waals surface area (Å²) >= 11 is 0. The Labute approximate surface area is 130 Å². The smallest absolute Gasteiger partial charge is 0.317 e. The lowest BCUT2D eigenvalue weighted by molar-refractivity contribution is -0.141. The number of carboxylic acids is 1. The Kier molecular flexibility index (Phi) is 4.32. The lowest BCUT2D eigenvalue weighted by atomic mass is 9.94. The van der Waals surface area contributed by atoms with E-state index < -0.39 is 11.9 Å². The highest BCUT2D eigenvalue weighted by molar-refractivity contribution is 5.77. The number of hydrogen-bond donors (Lipinski definition) is 2. The first-order chi connectivity index (χ1) is 10.6. The van der Waals surface area contributed by atoms with Crippen LogP contribution in [0, 0.1) is 5.92 Å². The molecule has 1 aromatic carbocycles. The molecule has 0 radical (unpaired) electrons. The van der Waals surface area contributed by atoms with Gasteiger partial charge in [0.1, 0.15) is 0 Å². The quantitative estimate of drug-likeness (QED) is 0.901. The molecule has 1 saturated heterocycles. The van der Waals surface area contributed by atoms with Crippen LogP contribution in [0.2, 0.25) is 0 Å². The topological polar surface area (TPSA) is 69.6 Å². The Hall–Kier alpha value is -2.04. The fourth-order valence-electron chi connectivity index (χ4n) is 3.63. The molecule has 1 aliphatic carbocycles. The lowest BCUT2D eigenvalue weighted by Crippen LogP contribution is -2.45. The number of urea groups is 1. The summed E-state index contributed by atoms with van der Waals surface area (Å²) < 4.78 is 0. The molecule has 2 amide bonds. The van der Waals surface area contributed by atoms with Crippen LogP contribution < -0.4 is 5.32 Å². The van der Waals surface area contributed by atoms with E-state index in [1.807, 2.05) is 18.2 Å². The van der Waals surface area contributed by atoms with Gasteiger partial charge in [0.05, 0.1) is 5.92 Å². The standard InChI is InChI=1S/C17H22N2O3/c20-16(21)13-9-10-19(11-13)17(22)18-15-8-4-7-14(15)12-5-2-1-3-6-12/h1-3,5-6,13-15H,4,7-11H2,(H,18,22)(H,20,21)/t13?,14-,15+/m0/s1. The van der Waals surface area contributed by atoms with Gasteiger partial charge in [-0.2, -0.15) is 0 Å². The number of nitrogens with zero attached hydrogens (tertiary/aromatic N) is 1. The fraction of sp³-hybridized carbons (Fsp3) is 0.529. The van der Waals surface area contributed by atoms with Crippen LogP contribution >= 0.6 is 0 Å². The van der Waals surface area contributed by atoms with Crippen LogP contribution in [0.5, 0.6) is 0 Å². The zero-order valence-corrected chi connectivity index (χ0v) is 12.6. The van der Waals surface area contributed by atoms with Crippen molar-refractivity contribution in [2.45, 2.75) is 37.6 Å². The molecule has 0 bridgehead atoms. The van der Waals surface area contributed by atoms with Gasteiger partial charge >= 0.3 is 12.0 Å². The second kappa shape index (κ2) is 6.38. The summed E-state index contributed by atoms with van der Waals surface area (Å²) in [5.74, 6) is -0.861. The number of nitrogens with one attached hydrogen (secondary N) is 1. The van der Waals surface area contributed by atoms with E-state index in [0.29, 0.717) is 25.4 Å². The van der Waals surface area contributed by atoms with Gasteiger partial charge in [-0.15, -0.1) is 0 Å². The molecule has 1 saturated carbocycles. The summed E-state index contributed by atoms with van der Waals surface area (Å²) in [6, 6.07) is 10.3. The van der Waals surface area contributed by atoms with Crippen LogP contribution in [-0.4, -0.2) is 41.1 Å². The number of benzene rings is 1. The summed E-state index contributed by atoms with van der Waals surface area (Å²) in [6.07, 6.45) is 3.74. The summed E-state index contributed by atoms with van der Waals surface area (Å²) in [6.45, 7) is 0.857. The summed E-state index contributed by atoms with van der Waals surface area (Å²) in [5, 5.41) is 12.2. The van der Waals surface area contributed by atoms with Gasteiger partial charge in [0.25, 0.3) is 0 Å². The Balaban J connectivity index is 1.60. The number of rotatable bonds is 3. The monoisotopic (exact) mass is 302 g/mol. The first-order valence-corrected chi connectivity index (χ1v) is 7.98. The second-order valence-electron chi connectivity index (χ2n) is 6.27. The highest BCUT2D eigenvalue weighted by Crippen LogP contribution is 2.34. The van der Waals surface area contributed by atoms with Gasteiger partial charge in [0.15, 0.2) is 0 Å². The third-order valence-electron chi connectivity index (χ3n) is 4.88. The Morgan fingerprint density at radius 2 is 1.91 bits per heavy atom. The molecule has 2 fully saturated rings. The first-order valence-electron chi connectivity index (χ1n) is 7.98. The fourth-order valence-corrected chi connectivity index (χ4v) is 3.63. The number of carbonyl (C=O) groups is 2. The molecule has 0 aromatic heterocycles. The summed E-state index contributed by atoms with van der Waals surface area (Å²) in [7, 11) is 0. The van der Waals surface area contributed by atoms with Crippen molar-refractivity contribution in [1.82, 2.24) is 10.2 Å².